The monoisotopic (exact) mass is 496 g/mol. The maximum atomic E-state index is 12.8. The summed E-state index contributed by atoms with van der Waals surface area (Å²) in [7, 11) is 0. The third-order valence-electron chi connectivity index (χ3n) is 6.43. The van der Waals surface area contributed by atoms with Gasteiger partial charge in [-0.2, -0.15) is 13.2 Å². The predicted octanol–water partition coefficient (Wildman–Crippen LogP) is 2.91. The molecule has 0 bridgehead atoms. The molecule has 0 radical (unpaired) electrons. The molecule has 4 rings (SSSR count). The lowest BCUT2D eigenvalue weighted by Crippen LogP contribution is -2.63. The van der Waals surface area contributed by atoms with E-state index >= 15 is 0 Å². The van der Waals surface area contributed by atoms with E-state index in [0.29, 0.717) is 12.0 Å². The van der Waals surface area contributed by atoms with Crippen molar-refractivity contribution in [1.82, 2.24) is 20.5 Å². The number of rotatable bonds is 7. The van der Waals surface area contributed by atoms with E-state index in [0.717, 1.165) is 66.9 Å². The van der Waals surface area contributed by atoms with Gasteiger partial charge in [0, 0.05) is 36.8 Å². The molecule has 1 aromatic heterocycles. The summed E-state index contributed by atoms with van der Waals surface area (Å²) in [6.45, 7) is 1.23. The van der Waals surface area contributed by atoms with Crippen molar-refractivity contribution < 1.29 is 27.9 Å². The molecule has 0 atom stereocenters. The van der Waals surface area contributed by atoms with Gasteiger partial charge >= 0.3 is 6.18 Å². The van der Waals surface area contributed by atoms with Crippen molar-refractivity contribution in [3.05, 3.63) is 51.5 Å². The van der Waals surface area contributed by atoms with Gasteiger partial charge in [0.1, 0.15) is 0 Å². The summed E-state index contributed by atoms with van der Waals surface area (Å²) in [5.41, 5.74) is -1.05. The lowest BCUT2D eigenvalue weighted by atomic mass is 9.84. The first-order valence-corrected chi connectivity index (χ1v) is 12.1. The normalized spacial score (nSPS) is 21.6. The number of aliphatic hydroxyl groups excluding tert-OH is 1. The first-order chi connectivity index (χ1) is 16.2. The zero-order valence-corrected chi connectivity index (χ0v) is 19.3. The Balaban J connectivity index is 1.15. The molecule has 1 saturated heterocycles. The van der Waals surface area contributed by atoms with Crippen LogP contribution in [0.25, 0.3) is 0 Å². The SMILES string of the molecule is O=C(CNC(=O)c1cccc(C(F)(F)F)c1)NC1CN(C2CCC(c3ncc(CO)s3)CC2)C1. The Morgan fingerprint density at radius 1 is 1.18 bits per heavy atom. The number of nitrogens with one attached hydrogen (secondary N) is 2. The quantitative estimate of drug-likeness (QED) is 0.548. The van der Waals surface area contributed by atoms with Gasteiger partial charge in [-0.05, 0) is 43.9 Å². The third kappa shape index (κ3) is 5.94. The minimum atomic E-state index is -4.53. The van der Waals surface area contributed by atoms with E-state index in [9.17, 15) is 27.9 Å². The Morgan fingerprint density at radius 3 is 2.56 bits per heavy atom. The topological polar surface area (TPSA) is 94.6 Å². The van der Waals surface area contributed by atoms with Crippen molar-refractivity contribution in [2.75, 3.05) is 19.6 Å². The van der Waals surface area contributed by atoms with Gasteiger partial charge in [-0.25, -0.2) is 4.98 Å². The molecule has 0 spiro atoms. The van der Waals surface area contributed by atoms with Crippen LogP contribution in [0.2, 0.25) is 0 Å². The fourth-order valence-corrected chi connectivity index (χ4v) is 5.50. The van der Waals surface area contributed by atoms with Crippen LogP contribution in [0.1, 0.15) is 57.4 Å². The van der Waals surface area contributed by atoms with Crippen LogP contribution < -0.4 is 10.6 Å². The van der Waals surface area contributed by atoms with Crippen LogP contribution in [-0.2, 0) is 17.6 Å². The Hall–Kier alpha value is -2.50. The standard InChI is InChI=1S/C23H27F3N4O3S/c24-23(25,26)16-3-1-2-15(8-16)21(33)27-10-20(32)29-17-11-30(12-17)18-6-4-14(5-7-18)22-28-9-19(13-31)34-22/h1-3,8-9,14,17-18,31H,4-7,10-13H2,(H,27,33)(H,29,32). The summed E-state index contributed by atoms with van der Waals surface area (Å²) in [4.78, 5) is 32.0. The number of benzene rings is 1. The fraction of sp³-hybridized carbons (Fsp3) is 0.522. The molecule has 3 N–H and O–H groups in total. The largest absolute Gasteiger partial charge is 0.416 e. The third-order valence-corrected chi connectivity index (χ3v) is 7.57. The van der Waals surface area contributed by atoms with Crippen LogP contribution in [0.3, 0.4) is 0 Å². The van der Waals surface area contributed by atoms with Gasteiger partial charge in [0.05, 0.1) is 34.6 Å². The summed E-state index contributed by atoms with van der Waals surface area (Å²) < 4.78 is 38.4. The summed E-state index contributed by atoms with van der Waals surface area (Å²) in [5, 5.41) is 15.6. The molecule has 2 heterocycles. The molecule has 0 unspecified atom stereocenters. The molecule has 1 saturated carbocycles. The Morgan fingerprint density at radius 2 is 1.91 bits per heavy atom. The van der Waals surface area contributed by atoms with E-state index in [1.54, 1.807) is 17.5 Å². The molecule has 1 aromatic carbocycles. The van der Waals surface area contributed by atoms with E-state index in [1.165, 1.54) is 6.07 Å². The van der Waals surface area contributed by atoms with E-state index in [4.69, 9.17) is 0 Å². The first-order valence-electron chi connectivity index (χ1n) is 11.3. The van der Waals surface area contributed by atoms with Crippen LogP contribution in [0.4, 0.5) is 13.2 Å². The van der Waals surface area contributed by atoms with Crippen LogP contribution in [0, 0.1) is 0 Å². The van der Waals surface area contributed by atoms with Gasteiger partial charge in [0.15, 0.2) is 0 Å². The molecule has 11 heteroatoms. The Bertz CT molecular complexity index is 1010. The van der Waals surface area contributed by atoms with Crippen LogP contribution in [0.15, 0.2) is 30.5 Å². The first kappa shape index (κ1) is 24.6. The molecular weight excluding hydrogens is 469 g/mol. The van der Waals surface area contributed by atoms with Gasteiger partial charge in [-0.1, -0.05) is 6.07 Å². The number of hydrogen-bond acceptors (Lipinski definition) is 6. The molecule has 184 valence electrons. The lowest BCUT2D eigenvalue weighted by molar-refractivity contribution is -0.137. The average Bonchev–Trinajstić information content (AvgIpc) is 3.28. The van der Waals surface area contributed by atoms with Crippen LogP contribution in [0.5, 0.6) is 0 Å². The van der Waals surface area contributed by atoms with Crippen molar-refractivity contribution >= 4 is 23.2 Å². The van der Waals surface area contributed by atoms with E-state index in [2.05, 4.69) is 20.5 Å². The zero-order chi connectivity index (χ0) is 24.3. The number of aliphatic hydroxyl groups is 1. The van der Waals surface area contributed by atoms with Crippen molar-refractivity contribution in [2.24, 2.45) is 0 Å². The number of carbonyl (C=O) groups excluding carboxylic acids is 2. The number of thiazole rings is 1. The van der Waals surface area contributed by atoms with Crippen molar-refractivity contribution in [3.8, 4) is 0 Å². The number of amides is 2. The minimum Gasteiger partial charge on any atom is -0.391 e. The van der Waals surface area contributed by atoms with Crippen molar-refractivity contribution in [1.29, 1.82) is 0 Å². The molecule has 1 aliphatic carbocycles. The maximum Gasteiger partial charge on any atom is 0.416 e. The van der Waals surface area contributed by atoms with Gasteiger partial charge in [-0.3, -0.25) is 14.5 Å². The van der Waals surface area contributed by atoms with E-state index in [1.807, 2.05) is 0 Å². The molecular formula is C23H27F3N4O3S. The number of hydrogen-bond donors (Lipinski definition) is 3. The van der Waals surface area contributed by atoms with Gasteiger partial charge in [-0.15, -0.1) is 11.3 Å². The smallest absolute Gasteiger partial charge is 0.391 e. The van der Waals surface area contributed by atoms with Gasteiger partial charge < -0.3 is 15.7 Å². The number of nitrogens with zero attached hydrogens (tertiary/aromatic N) is 2. The van der Waals surface area contributed by atoms with Crippen LogP contribution in [-0.4, -0.2) is 58.5 Å². The average molecular weight is 497 g/mol. The predicted molar refractivity (Wildman–Crippen MR) is 120 cm³/mol. The minimum absolute atomic E-state index is 0.00163. The van der Waals surface area contributed by atoms with Gasteiger partial charge in [0.2, 0.25) is 5.91 Å². The summed E-state index contributed by atoms with van der Waals surface area (Å²) in [5.74, 6) is -0.643. The Labute approximate surface area is 199 Å². The molecule has 2 aliphatic rings. The van der Waals surface area contributed by atoms with E-state index in [-0.39, 0.29) is 30.7 Å². The number of alkyl halides is 3. The lowest BCUT2D eigenvalue weighted by Gasteiger charge is -2.46. The Kier molecular flexibility index (Phi) is 7.54. The second kappa shape index (κ2) is 10.4. The second-order valence-electron chi connectivity index (χ2n) is 8.81. The highest BCUT2D eigenvalue weighted by atomic mass is 32.1. The number of aromatic nitrogens is 1. The summed E-state index contributed by atoms with van der Waals surface area (Å²) in [6.07, 6.45) is 1.44. The molecule has 34 heavy (non-hydrogen) atoms. The molecule has 2 aromatic rings. The molecule has 2 fully saturated rings. The molecule has 2 amide bonds. The summed E-state index contributed by atoms with van der Waals surface area (Å²) in [6, 6.07) is 4.58. The van der Waals surface area contributed by atoms with Crippen molar-refractivity contribution in [2.45, 2.75) is 56.5 Å². The molecule has 1 aliphatic heterocycles. The zero-order valence-electron chi connectivity index (χ0n) is 18.5. The fourth-order valence-electron chi connectivity index (χ4n) is 4.55. The summed E-state index contributed by atoms with van der Waals surface area (Å²) >= 11 is 1.58. The van der Waals surface area contributed by atoms with Gasteiger partial charge in [0.25, 0.3) is 5.91 Å². The number of halogens is 3. The van der Waals surface area contributed by atoms with Crippen LogP contribution >= 0.6 is 11.3 Å². The van der Waals surface area contributed by atoms with Crippen molar-refractivity contribution in [3.63, 3.8) is 0 Å². The molecule has 7 nitrogen and oxygen atoms in total. The highest BCUT2D eigenvalue weighted by Crippen LogP contribution is 2.37. The number of carbonyl (C=O) groups is 2. The highest BCUT2D eigenvalue weighted by Gasteiger charge is 2.36. The highest BCUT2D eigenvalue weighted by molar-refractivity contribution is 7.11. The maximum absolute atomic E-state index is 12.8. The van der Waals surface area contributed by atoms with E-state index < -0.39 is 17.6 Å². The second-order valence-corrected chi connectivity index (χ2v) is 9.95. The number of likely N-dealkylation sites (tertiary alicyclic amines) is 1.